The van der Waals surface area contributed by atoms with Crippen molar-refractivity contribution in [2.24, 2.45) is 5.73 Å². The maximum Gasteiger partial charge on any atom is 0.326 e. The molecule has 0 radical (unpaired) electrons. The fourth-order valence-electron chi connectivity index (χ4n) is 2.51. The zero-order chi connectivity index (χ0) is 19.0. The molecule has 0 saturated carbocycles. The van der Waals surface area contributed by atoms with Crippen LogP contribution >= 0.6 is 22.9 Å². The highest BCUT2D eigenvalue weighted by Crippen LogP contribution is 2.43. The number of ether oxygens (including phenoxy) is 1. The minimum Gasteiger partial charge on any atom is -0.424 e. The minimum atomic E-state index is -1.05. The summed E-state index contributed by atoms with van der Waals surface area (Å²) < 4.78 is 19.4. The van der Waals surface area contributed by atoms with E-state index in [2.05, 4.69) is 0 Å². The highest BCUT2D eigenvalue weighted by Gasteiger charge is 2.40. The number of hydrogen-bond donors (Lipinski definition) is 1. The van der Waals surface area contributed by atoms with Crippen molar-refractivity contribution in [2.45, 2.75) is 13.3 Å². The lowest BCUT2D eigenvalue weighted by molar-refractivity contribution is -0.136. The summed E-state index contributed by atoms with van der Waals surface area (Å²) in [6.45, 7) is 1.60. The molecule has 2 heterocycles. The smallest absolute Gasteiger partial charge is 0.326 e. The van der Waals surface area contributed by atoms with Crippen molar-refractivity contribution >= 4 is 57.9 Å². The molecule has 3 amide bonds. The van der Waals surface area contributed by atoms with Crippen molar-refractivity contribution in [1.29, 1.82) is 0 Å². The number of esters is 1. The van der Waals surface area contributed by atoms with Gasteiger partial charge in [-0.1, -0.05) is 24.6 Å². The molecule has 0 atom stereocenters. The van der Waals surface area contributed by atoms with Gasteiger partial charge in [-0.05, 0) is 23.6 Å². The molecule has 26 heavy (non-hydrogen) atoms. The molecule has 3 rings (SSSR count). The molecule has 0 fully saturated rings. The Morgan fingerprint density at radius 1 is 1.38 bits per heavy atom. The second kappa shape index (κ2) is 6.89. The topological polar surface area (TPSA) is 89.7 Å². The normalized spacial score (nSPS) is 15.0. The summed E-state index contributed by atoms with van der Waals surface area (Å²) in [5, 5.41) is 1.46. The van der Waals surface area contributed by atoms with Gasteiger partial charge in [-0.2, -0.15) is 0 Å². The summed E-state index contributed by atoms with van der Waals surface area (Å²) in [7, 11) is 0. The predicted octanol–water partition coefficient (Wildman–Crippen LogP) is 3.79. The molecule has 2 aromatic rings. The number of hydrogen-bond acceptors (Lipinski definition) is 5. The van der Waals surface area contributed by atoms with Crippen molar-refractivity contribution < 1.29 is 23.5 Å². The van der Waals surface area contributed by atoms with Crippen LogP contribution in [0.4, 0.5) is 14.9 Å². The summed E-state index contributed by atoms with van der Waals surface area (Å²) in [5.74, 6) is -2.23. The number of primary amides is 1. The number of urea groups is 1. The van der Waals surface area contributed by atoms with Gasteiger partial charge < -0.3 is 10.5 Å². The van der Waals surface area contributed by atoms with E-state index in [1.807, 2.05) is 0 Å². The highest BCUT2D eigenvalue weighted by atomic mass is 35.5. The maximum absolute atomic E-state index is 14.0. The van der Waals surface area contributed by atoms with Crippen molar-refractivity contribution in [3.63, 3.8) is 0 Å². The number of carbonyl (C=O) groups excluding carboxylic acids is 3. The van der Waals surface area contributed by atoms with E-state index in [9.17, 15) is 18.8 Å². The molecule has 9 heteroatoms. The van der Waals surface area contributed by atoms with E-state index in [0.717, 1.165) is 12.1 Å². The number of nitrogens with zero attached hydrogens (tertiary/aromatic N) is 1. The van der Waals surface area contributed by atoms with Crippen molar-refractivity contribution in [3.05, 3.63) is 50.9 Å². The van der Waals surface area contributed by atoms with Crippen LogP contribution in [-0.4, -0.2) is 17.9 Å². The highest BCUT2D eigenvalue weighted by molar-refractivity contribution is 7.11. The SMILES string of the molecule is CCC(=O)O/C(=C1\C(=O)N(C(N)=O)c2cc(Cl)c(F)cc21)c1cccs1. The molecule has 0 bridgehead atoms. The molecule has 134 valence electrons. The zero-order valence-electron chi connectivity index (χ0n) is 13.4. The van der Waals surface area contributed by atoms with Crippen LogP contribution in [-0.2, 0) is 14.3 Å². The Morgan fingerprint density at radius 3 is 2.69 bits per heavy atom. The first-order valence-corrected chi connectivity index (χ1v) is 8.73. The molecule has 2 N–H and O–H groups in total. The van der Waals surface area contributed by atoms with Crippen molar-refractivity contribution in [3.8, 4) is 0 Å². The monoisotopic (exact) mass is 394 g/mol. The Bertz CT molecular complexity index is 956. The maximum atomic E-state index is 14.0. The van der Waals surface area contributed by atoms with E-state index in [0.29, 0.717) is 9.78 Å². The molecule has 1 aliphatic heterocycles. The Labute approximate surface area is 156 Å². The molecule has 0 unspecified atom stereocenters. The van der Waals surface area contributed by atoms with Crippen LogP contribution in [0.15, 0.2) is 29.6 Å². The van der Waals surface area contributed by atoms with Gasteiger partial charge in [-0.15, -0.1) is 11.3 Å². The molecule has 1 aromatic carbocycles. The standard InChI is InChI=1S/C17H12ClFN2O4S/c1-2-13(22)25-15(12-4-3-5-26-12)14-8-6-10(19)9(18)7-11(8)21(16(14)23)17(20)24/h3-7H,2H2,1H3,(H2,20,24)/b15-14-. The third-order valence-electron chi connectivity index (χ3n) is 3.66. The number of imide groups is 1. The first-order chi connectivity index (χ1) is 12.3. The molecule has 1 aromatic heterocycles. The van der Waals surface area contributed by atoms with Gasteiger partial charge in [0.2, 0.25) is 0 Å². The van der Waals surface area contributed by atoms with Gasteiger partial charge in [0.05, 0.1) is 21.2 Å². The minimum absolute atomic E-state index is 0.0329. The van der Waals surface area contributed by atoms with Gasteiger partial charge in [0.25, 0.3) is 5.91 Å². The number of nitrogens with two attached hydrogens (primary N) is 1. The van der Waals surface area contributed by atoms with Gasteiger partial charge in [-0.25, -0.2) is 14.1 Å². The van der Waals surface area contributed by atoms with Crippen LogP contribution in [0, 0.1) is 5.82 Å². The Morgan fingerprint density at radius 2 is 2.12 bits per heavy atom. The molecule has 0 spiro atoms. The number of amides is 3. The van der Waals surface area contributed by atoms with E-state index < -0.39 is 23.7 Å². The summed E-state index contributed by atoms with van der Waals surface area (Å²) in [6, 6.07) is 4.44. The molecular weight excluding hydrogens is 383 g/mol. The van der Waals surface area contributed by atoms with Gasteiger partial charge in [0.15, 0.2) is 5.76 Å². The summed E-state index contributed by atoms with van der Waals surface area (Å²) in [6.07, 6.45) is 0.0672. The molecule has 6 nitrogen and oxygen atoms in total. The van der Waals surface area contributed by atoms with E-state index in [-0.39, 0.29) is 34.0 Å². The van der Waals surface area contributed by atoms with Gasteiger partial charge in [-0.3, -0.25) is 9.59 Å². The largest absolute Gasteiger partial charge is 0.424 e. The van der Waals surface area contributed by atoms with Crippen LogP contribution in [0.25, 0.3) is 11.3 Å². The van der Waals surface area contributed by atoms with Crippen molar-refractivity contribution in [2.75, 3.05) is 4.90 Å². The summed E-state index contributed by atoms with van der Waals surface area (Å²) in [5.41, 5.74) is 5.28. The van der Waals surface area contributed by atoms with Crippen LogP contribution in [0.5, 0.6) is 0 Å². The lowest BCUT2D eigenvalue weighted by atomic mass is 10.0. The van der Waals surface area contributed by atoms with E-state index in [1.165, 1.54) is 11.3 Å². The lowest BCUT2D eigenvalue weighted by Crippen LogP contribution is -2.38. The Hall–Kier alpha value is -2.71. The first-order valence-electron chi connectivity index (χ1n) is 7.47. The molecule has 1 aliphatic rings. The second-order valence-electron chi connectivity index (χ2n) is 5.27. The van der Waals surface area contributed by atoms with Crippen LogP contribution < -0.4 is 10.6 Å². The van der Waals surface area contributed by atoms with Crippen LogP contribution in [0.3, 0.4) is 0 Å². The lowest BCUT2D eigenvalue weighted by Gasteiger charge is -2.12. The Balaban J connectivity index is 2.32. The predicted molar refractivity (Wildman–Crippen MR) is 96.0 cm³/mol. The number of anilines is 1. The zero-order valence-corrected chi connectivity index (χ0v) is 15.0. The summed E-state index contributed by atoms with van der Waals surface area (Å²) >= 11 is 7.00. The number of fused-ring (bicyclic) bond motifs is 1. The van der Waals surface area contributed by atoms with Crippen LogP contribution in [0.1, 0.15) is 23.8 Å². The van der Waals surface area contributed by atoms with Crippen LogP contribution in [0.2, 0.25) is 5.02 Å². The summed E-state index contributed by atoms with van der Waals surface area (Å²) in [4.78, 5) is 37.6. The van der Waals surface area contributed by atoms with Gasteiger partial charge in [0, 0.05) is 12.0 Å². The number of rotatable bonds is 3. The van der Waals surface area contributed by atoms with E-state index >= 15 is 0 Å². The molecule has 0 saturated heterocycles. The number of carbonyl (C=O) groups is 3. The quantitative estimate of drug-likeness (QED) is 0.487. The average molecular weight is 395 g/mol. The number of benzene rings is 1. The number of halogens is 2. The van der Waals surface area contributed by atoms with Gasteiger partial charge >= 0.3 is 12.0 Å². The van der Waals surface area contributed by atoms with Crippen molar-refractivity contribution in [1.82, 2.24) is 0 Å². The van der Waals surface area contributed by atoms with Gasteiger partial charge in [0.1, 0.15) is 5.82 Å². The van der Waals surface area contributed by atoms with E-state index in [1.54, 1.807) is 24.4 Å². The first kappa shape index (κ1) is 18.1. The molecule has 0 aliphatic carbocycles. The average Bonchev–Trinajstić information content (AvgIpc) is 3.20. The third-order valence-corrected chi connectivity index (χ3v) is 4.82. The second-order valence-corrected chi connectivity index (χ2v) is 6.63. The number of thiophene rings is 1. The Kier molecular flexibility index (Phi) is 4.80. The fourth-order valence-corrected chi connectivity index (χ4v) is 3.38. The fraction of sp³-hybridized carbons (Fsp3) is 0.118. The van der Waals surface area contributed by atoms with E-state index in [4.69, 9.17) is 22.1 Å². The molecular formula is C17H12ClFN2O4S. The third kappa shape index (κ3) is 2.97.